The van der Waals surface area contributed by atoms with Crippen LogP contribution in [0.2, 0.25) is 5.02 Å². The number of rotatable bonds is 3. The van der Waals surface area contributed by atoms with Gasteiger partial charge < -0.3 is 15.2 Å². The van der Waals surface area contributed by atoms with Gasteiger partial charge in [-0.15, -0.1) is 0 Å². The Kier molecular flexibility index (Phi) is 3.96. The lowest BCUT2D eigenvalue weighted by Crippen LogP contribution is -2.15. The molecule has 1 aliphatic heterocycles. The SMILES string of the molecule is CC1COc2c(C(=O)Nc3ccc(Cl)cc3C(=O)O)cccc21. The molecule has 0 saturated heterocycles. The van der Waals surface area contributed by atoms with Gasteiger partial charge in [0.2, 0.25) is 0 Å². The molecular weight excluding hydrogens is 318 g/mol. The standard InChI is InChI=1S/C17H14ClNO4/c1-9-8-23-15-11(9)3-2-4-12(15)16(20)19-14-6-5-10(18)7-13(14)17(21)22/h2-7,9H,8H2,1H3,(H,19,20)(H,21,22). The highest BCUT2D eigenvalue weighted by molar-refractivity contribution is 6.31. The maximum absolute atomic E-state index is 12.5. The van der Waals surface area contributed by atoms with Crippen molar-refractivity contribution in [3.05, 3.63) is 58.1 Å². The highest BCUT2D eigenvalue weighted by Gasteiger charge is 2.26. The van der Waals surface area contributed by atoms with Gasteiger partial charge in [0.1, 0.15) is 5.75 Å². The van der Waals surface area contributed by atoms with Crippen LogP contribution in [0.25, 0.3) is 0 Å². The summed E-state index contributed by atoms with van der Waals surface area (Å²) in [6.07, 6.45) is 0. The van der Waals surface area contributed by atoms with Crippen LogP contribution in [0.3, 0.4) is 0 Å². The number of ether oxygens (including phenoxy) is 1. The van der Waals surface area contributed by atoms with Crippen molar-refractivity contribution in [3.63, 3.8) is 0 Å². The van der Waals surface area contributed by atoms with Crippen molar-refractivity contribution in [2.75, 3.05) is 11.9 Å². The zero-order valence-electron chi connectivity index (χ0n) is 12.3. The van der Waals surface area contributed by atoms with E-state index in [2.05, 4.69) is 5.32 Å². The summed E-state index contributed by atoms with van der Waals surface area (Å²) < 4.78 is 5.60. The minimum absolute atomic E-state index is 0.0623. The van der Waals surface area contributed by atoms with Crippen LogP contribution in [0.1, 0.15) is 39.1 Å². The average molecular weight is 332 g/mol. The molecule has 1 unspecified atom stereocenters. The first kappa shape index (κ1) is 15.4. The van der Waals surface area contributed by atoms with Gasteiger partial charge >= 0.3 is 5.97 Å². The molecule has 0 spiro atoms. The summed E-state index contributed by atoms with van der Waals surface area (Å²) in [5, 5.41) is 12.1. The zero-order valence-corrected chi connectivity index (χ0v) is 13.1. The topological polar surface area (TPSA) is 75.6 Å². The van der Waals surface area contributed by atoms with Gasteiger partial charge in [0.25, 0.3) is 5.91 Å². The fraction of sp³-hybridized carbons (Fsp3) is 0.176. The van der Waals surface area contributed by atoms with Gasteiger partial charge in [-0.1, -0.05) is 30.7 Å². The van der Waals surface area contributed by atoms with Crippen LogP contribution in [0.5, 0.6) is 5.75 Å². The molecule has 0 bridgehead atoms. The molecule has 3 rings (SSSR count). The smallest absolute Gasteiger partial charge is 0.337 e. The van der Waals surface area contributed by atoms with E-state index in [1.54, 1.807) is 12.1 Å². The number of carbonyl (C=O) groups is 2. The third-order valence-electron chi connectivity index (χ3n) is 3.76. The molecule has 23 heavy (non-hydrogen) atoms. The van der Waals surface area contributed by atoms with E-state index >= 15 is 0 Å². The molecule has 0 aromatic heterocycles. The summed E-state index contributed by atoms with van der Waals surface area (Å²) in [5.74, 6) is -0.794. The number of halogens is 1. The van der Waals surface area contributed by atoms with Crippen LogP contribution >= 0.6 is 11.6 Å². The number of hydrogen-bond donors (Lipinski definition) is 2. The van der Waals surface area contributed by atoms with Crippen molar-refractivity contribution in [3.8, 4) is 5.75 Å². The van der Waals surface area contributed by atoms with Gasteiger partial charge in [0.05, 0.1) is 23.4 Å². The predicted molar refractivity (Wildman–Crippen MR) is 86.7 cm³/mol. The largest absolute Gasteiger partial charge is 0.492 e. The van der Waals surface area contributed by atoms with E-state index in [9.17, 15) is 14.7 Å². The van der Waals surface area contributed by atoms with E-state index in [0.717, 1.165) is 5.56 Å². The Balaban J connectivity index is 1.94. The molecule has 6 heteroatoms. The van der Waals surface area contributed by atoms with Gasteiger partial charge in [0.15, 0.2) is 0 Å². The molecule has 2 N–H and O–H groups in total. The van der Waals surface area contributed by atoms with Crippen molar-refractivity contribution in [2.24, 2.45) is 0 Å². The Morgan fingerprint density at radius 3 is 2.78 bits per heavy atom. The normalized spacial score (nSPS) is 15.7. The summed E-state index contributed by atoms with van der Waals surface area (Å²) in [6, 6.07) is 9.66. The molecule has 2 aromatic rings. The number of hydrogen-bond acceptors (Lipinski definition) is 3. The lowest BCUT2D eigenvalue weighted by Gasteiger charge is -2.11. The minimum Gasteiger partial charge on any atom is -0.492 e. The Bertz CT molecular complexity index is 803. The number of fused-ring (bicyclic) bond motifs is 1. The number of carbonyl (C=O) groups excluding carboxylic acids is 1. The zero-order chi connectivity index (χ0) is 16.6. The maximum atomic E-state index is 12.5. The van der Waals surface area contributed by atoms with Crippen LogP contribution in [-0.2, 0) is 0 Å². The third-order valence-corrected chi connectivity index (χ3v) is 3.99. The fourth-order valence-electron chi connectivity index (χ4n) is 2.57. The molecule has 0 radical (unpaired) electrons. The quantitative estimate of drug-likeness (QED) is 0.897. The number of aromatic carboxylic acids is 1. The Hall–Kier alpha value is -2.53. The first-order valence-corrected chi connectivity index (χ1v) is 7.45. The minimum atomic E-state index is -1.16. The Labute approximate surface area is 137 Å². The number of carboxylic acids is 1. The Morgan fingerprint density at radius 1 is 1.26 bits per heavy atom. The maximum Gasteiger partial charge on any atom is 0.337 e. The van der Waals surface area contributed by atoms with Gasteiger partial charge in [-0.2, -0.15) is 0 Å². The van der Waals surface area contributed by atoms with Gasteiger partial charge in [0, 0.05) is 16.5 Å². The molecule has 0 aliphatic carbocycles. The number of amides is 1. The van der Waals surface area contributed by atoms with Gasteiger partial charge in [-0.3, -0.25) is 4.79 Å². The Morgan fingerprint density at radius 2 is 2.04 bits per heavy atom. The number of nitrogens with one attached hydrogen (secondary N) is 1. The van der Waals surface area contributed by atoms with E-state index in [1.165, 1.54) is 18.2 Å². The highest BCUT2D eigenvalue weighted by Crippen LogP contribution is 2.36. The predicted octanol–water partition coefficient (Wildman–Crippen LogP) is 3.79. The first-order chi connectivity index (χ1) is 11.0. The molecule has 1 heterocycles. The molecule has 0 fully saturated rings. The lowest BCUT2D eigenvalue weighted by molar-refractivity contribution is 0.0698. The van der Waals surface area contributed by atoms with Crippen molar-refractivity contribution in [1.29, 1.82) is 0 Å². The van der Waals surface area contributed by atoms with Crippen molar-refractivity contribution in [2.45, 2.75) is 12.8 Å². The van der Waals surface area contributed by atoms with Gasteiger partial charge in [-0.25, -0.2) is 4.79 Å². The summed E-state index contributed by atoms with van der Waals surface area (Å²) >= 11 is 5.81. The number of carboxylic acid groups (broad SMARTS) is 1. The molecule has 1 aliphatic rings. The lowest BCUT2D eigenvalue weighted by atomic mass is 10.0. The average Bonchev–Trinajstić information content (AvgIpc) is 2.90. The second kappa shape index (κ2) is 5.93. The summed E-state index contributed by atoms with van der Waals surface area (Å²) in [6.45, 7) is 2.55. The van der Waals surface area contributed by atoms with Gasteiger partial charge in [-0.05, 0) is 24.3 Å². The van der Waals surface area contributed by atoms with Crippen LogP contribution in [-0.4, -0.2) is 23.6 Å². The summed E-state index contributed by atoms with van der Waals surface area (Å²) in [5.41, 5.74) is 1.49. The number of anilines is 1. The summed E-state index contributed by atoms with van der Waals surface area (Å²) in [4.78, 5) is 23.8. The summed E-state index contributed by atoms with van der Waals surface area (Å²) in [7, 11) is 0. The van der Waals surface area contributed by atoms with E-state index in [0.29, 0.717) is 17.9 Å². The molecule has 1 amide bonds. The first-order valence-electron chi connectivity index (χ1n) is 7.07. The second-order valence-corrected chi connectivity index (χ2v) is 5.82. The highest BCUT2D eigenvalue weighted by atomic mass is 35.5. The van der Waals surface area contributed by atoms with Crippen LogP contribution in [0.15, 0.2) is 36.4 Å². The number of para-hydroxylation sites is 1. The molecule has 2 aromatic carbocycles. The third kappa shape index (κ3) is 2.87. The van der Waals surface area contributed by atoms with Crippen molar-refractivity contribution in [1.82, 2.24) is 0 Å². The molecule has 1 atom stereocenters. The molecular formula is C17H14ClNO4. The molecule has 0 saturated carbocycles. The van der Waals surface area contributed by atoms with E-state index < -0.39 is 11.9 Å². The van der Waals surface area contributed by atoms with Crippen LogP contribution < -0.4 is 10.1 Å². The second-order valence-electron chi connectivity index (χ2n) is 5.39. The van der Waals surface area contributed by atoms with E-state index in [1.807, 2.05) is 13.0 Å². The molecule has 5 nitrogen and oxygen atoms in total. The van der Waals surface area contributed by atoms with E-state index in [-0.39, 0.29) is 22.2 Å². The van der Waals surface area contributed by atoms with Crippen LogP contribution in [0.4, 0.5) is 5.69 Å². The van der Waals surface area contributed by atoms with Crippen molar-refractivity contribution < 1.29 is 19.4 Å². The van der Waals surface area contributed by atoms with E-state index in [4.69, 9.17) is 16.3 Å². The fourth-order valence-corrected chi connectivity index (χ4v) is 2.75. The van der Waals surface area contributed by atoms with Crippen molar-refractivity contribution >= 4 is 29.2 Å². The molecule has 118 valence electrons. The monoisotopic (exact) mass is 331 g/mol. The number of benzene rings is 2. The van der Waals surface area contributed by atoms with Crippen LogP contribution in [0, 0.1) is 0 Å².